The molecule has 0 atom stereocenters. The van der Waals surface area contributed by atoms with Crippen molar-refractivity contribution >= 4 is 17.5 Å². The van der Waals surface area contributed by atoms with E-state index < -0.39 is 0 Å². The number of hydrogen-bond acceptors (Lipinski definition) is 3. The molecule has 0 spiro atoms. The number of amides is 2. The molecule has 0 radical (unpaired) electrons. The fraction of sp³-hybridized carbons (Fsp3) is 0.414. The van der Waals surface area contributed by atoms with E-state index in [1.54, 1.807) is 0 Å². The highest BCUT2D eigenvalue weighted by Gasteiger charge is 2.26. The van der Waals surface area contributed by atoms with Crippen molar-refractivity contribution in [3.63, 3.8) is 0 Å². The van der Waals surface area contributed by atoms with Crippen molar-refractivity contribution in [2.24, 2.45) is 13.0 Å². The molecule has 5 rings (SSSR count). The highest BCUT2D eigenvalue weighted by atomic mass is 16.2. The number of likely N-dealkylation sites (tertiary alicyclic amines) is 1. The molecule has 2 heterocycles. The van der Waals surface area contributed by atoms with Gasteiger partial charge in [0, 0.05) is 49.1 Å². The Morgan fingerprint density at radius 1 is 0.943 bits per heavy atom. The molecular formula is C29H34N4O2. The summed E-state index contributed by atoms with van der Waals surface area (Å²) in [4.78, 5) is 27.8. The van der Waals surface area contributed by atoms with E-state index in [4.69, 9.17) is 0 Å². The van der Waals surface area contributed by atoms with Crippen molar-refractivity contribution in [1.82, 2.24) is 14.7 Å². The number of carbonyl (C=O) groups is 2. The fourth-order valence-corrected chi connectivity index (χ4v) is 5.43. The third kappa shape index (κ3) is 5.16. The SMILES string of the molecule is Cc1ccc(C(=O)N2CCC(c3ccc(-c4cnn(C)c4)cc3)CC2)cc1NC(=O)C1CCCC1. The molecule has 6 heteroatoms. The van der Waals surface area contributed by atoms with Crippen LogP contribution in [-0.2, 0) is 11.8 Å². The number of nitrogens with zero attached hydrogens (tertiary/aromatic N) is 3. The molecule has 1 saturated carbocycles. The summed E-state index contributed by atoms with van der Waals surface area (Å²) in [7, 11) is 1.93. The minimum absolute atomic E-state index is 0.0479. The molecular weight excluding hydrogens is 436 g/mol. The number of nitrogens with one attached hydrogen (secondary N) is 1. The predicted octanol–water partition coefficient (Wildman–Crippen LogP) is 5.54. The Bertz CT molecular complexity index is 1200. The molecule has 1 N–H and O–H groups in total. The van der Waals surface area contributed by atoms with E-state index in [1.807, 2.05) is 54.1 Å². The van der Waals surface area contributed by atoms with Gasteiger partial charge >= 0.3 is 0 Å². The van der Waals surface area contributed by atoms with Crippen LogP contribution in [0.3, 0.4) is 0 Å². The predicted molar refractivity (Wildman–Crippen MR) is 138 cm³/mol. The summed E-state index contributed by atoms with van der Waals surface area (Å²) in [6, 6.07) is 14.4. The standard InChI is InChI=1S/C29H34N4O2/c1-20-7-8-25(17-27(20)31-28(34)24-5-3-4-6-24)29(35)33-15-13-23(14-16-33)21-9-11-22(12-10-21)26-18-30-32(2)19-26/h7-12,17-19,23-24H,3-6,13-16H2,1-2H3,(H,31,34). The summed E-state index contributed by atoms with van der Waals surface area (Å²) in [5.74, 6) is 0.699. The molecule has 2 aliphatic rings. The van der Waals surface area contributed by atoms with Gasteiger partial charge in [-0.25, -0.2) is 0 Å². The minimum Gasteiger partial charge on any atom is -0.339 e. The van der Waals surface area contributed by atoms with Gasteiger partial charge in [0.25, 0.3) is 5.91 Å². The fourth-order valence-electron chi connectivity index (χ4n) is 5.43. The molecule has 2 amide bonds. The number of benzene rings is 2. The van der Waals surface area contributed by atoms with Gasteiger partial charge in [0.1, 0.15) is 0 Å². The molecule has 1 aromatic heterocycles. The molecule has 2 aromatic carbocycles. The molecule has 0 bridgehead atoms. The molecule has 0 unspecified atom stereocenters. The van der Waals surface area contributed by atoms with Gasteiger partial charge in [0.2, 0.25) is 5.91 Å². The lowest BCUT2D eigenvalue weighted by atomic mass is 9.88. The number of aromatic nitrogens is 2. The lowest BCUT2D eigenvalue weighted by Gasteiger charge is -2.32. The normalized spacial score (nSPS) is 17.0. The number of anilines is 1. The first-order valence-corrected chi connectivity index (χ1v) is 12.8. The molecule has 35 heavy (non-hydrogen) atoms. The van der Waals surface area contributed by atoms with Crippen LogP contribution in [0.15, 0.2) is 54.9 Å². The maximum atomic E-state index is 13.3. The van der Waals surface area contributed by atoms with Crippen LogP contribution >= 0.6 is 0 Å². The summed E-state index contributed by atoms with van der Waals surface area (Å²) in [6.07, 6.45) is 9.99. The average Bonchev–Trinajstić information content (AvgIpc) is 3.58. The van der Waals surface area contributed by atoms with Crippen LogP contribution in [0.2, 0.25) is 0 Å². The van der Waals surface area contributed by atoms with Crippen LogP contribution in [0.5, 0.6) is 0 Å². The van der Waals surface area contributed by atoms with Crippen LogP contribution < -0.4 is 5.32 Å². The highest BCUT2D eigenvalue weighted by Crippen LogP contribution is 2.31. The molecule has 182 valence electrons. The average molecular weight is 471 g/mol. The Labute approximate surface area is 207 Å². The van der Waals surface area contributed by atoms with Gasteiger partial charge in [-0.1, -0.05) is 43.2 Å². The third-order valence-electron chi connectivity index (χ3n) is 7.67. The van der Waals surface area contributed by atoms with Gasteiger partial charge in [-0.2, -0.15) is 5.10 Å². The van der Waals surface area contributed by atoms with E-state index in [-0.39, 0.29) is 17.7 Å². The first-order chi connectivity index (χ1) is 17.0. The van der Waals surface area contributed by atoms with Gasteiger partial charge in [-0.15, -0.1) is 0 Å². The Balaban J connectivity index is 1.20. The number of rotatable bonds is 5. The van der Waals surface area contributed by atoms with E-state index in [0.717, 1.165) is 68.4 Å². The molecule has 6 nitrogen and oxygen atoms in total. The van der Waals surface area contributed by atoms with Crippen molar-refractivity contribution in [3.05, 3.63) is 71.5 Å². The maximum absolute atomic E-state index is 13.3. The molecule has 1 saturated heterocycles. The van der Waals surface area contributed by atoms with Gasteiger partial charge < -0.3 is 10.2 Å². The zero-order valence-corrected chi connectivity index (χ0v) is 20.7. The first kappa shape index (κ1) is 23.3. The topological polar surface area (TPSA) is 67.2 Å². The van der Waals surface area contributed by atoms with Crippen molar-refractivity contribution in [3.8, 4) is 11.1 Å². The lowest BCUT2D eigenvalue weighted by molar-refractivity contribution is -0.119. The van der Waals surface area contributed by atoms with Gasteiger partial charge in [0.05, 0.1) is 6.20 Å². The second kappa shape index (κ2) is 10.1. The van der Waals surface area contributed by atoms with Gasteiger partial charge in [-0.3, -0.25) is 14.3 Å². The van der Waals surface area contributed by atoms with Crippen molar-refractivity contribution in [2.45, 2.75) is 51.4 Å². The zero-order chi connectivity index (χ0) is 24.4. The Morgan fingerprint density at radius 2 is 1.66 bits per heavy atom. The van der Waals surface area contributed by atoms with Gasteiger partial charge in [-0.05, 0) is 67.3 Å². The van der Waals surface area contributed by atoms with Crippen LogP contribution in [0.4, 0.5) is 5.69 Å². The first-order valence-electron chi connectivity index (χ1n) is 12.8. The molecule has 2 fully saturated rings. The molecule has 1 aliphatic heterocycles. The number of piperidine rings is 1. The highest BCUT2D eigenvalue weighted by molar-refractivity contribution is 5.98. The quantitative estimate of drug-likeness (QED) is 0.532. The number of hydrogen-bond donors (Lipinski definition) is 1. The monoisotopic (exact) mass is 470 g/mol. The summed E-state index contributed by atoms with van der Waals surface area (Å²) in [5.41, 5.74) is 6.02. The largest absolute Gasteiger partial charge is 0.339 e. The lowest BCUT2D eigenvalue weighted by Crippen LogP contribution is -2.38. The number of aryl methyl sites for hydroxylation is 2. The summed E-state index contributed by atoms with van der Waals surface area (Å²) in [5, 5.41) is 7.34. The Morgan fingerprint density at radius 3 is 2.31 bits per heavy atom. The summed E-state index contributed by atoms with van der Waals surface area (Å²) in [6.45, 7) is 3.46. The van der Waals surface area contributed by atoms with E-state index in [0.29, 0.717) is 11.5 Å². The van der Waals surface area contributed by atoms with Crippen LogP contribution in [0.1, 0.15) is 65.9 Å². The van der Waals surface area contributed by atoms with Crippen molar-refractivity contribution < 1.29 is 9.59 Å². The van der Waals surface area contributed by atoms with E-state index in [9.17, 15) is 9.59 Å². The minimum atomic E-state index is 0.0479. The smallest absolute Gasteiger partial charge is 0.253 e. The van der Waals surface area contributed by atoms with E-state index in [2.05, 4.69) is 34.7 Å². The number of carbonyl (C=O) groups excluding carboxylic acids is 2. The third-order valence-corrected chi connectivity index (χ3v) is 7.67. The van der Waals surface area contributed by atoms with Gasteiger partial charge in [0.15, 0.2) is 0 Å². The molecule has 1 aliphatic carbocycles. The second-order valence-electron chi connectivity index (χ2n) is 10.1. The summed E-state index contributed by atoms with van der Waals surface area (Å²) < 4.78 is 1.82. The van der Waals surface area contributed by atoms with E-state index >= 15 is 0 Å². The maximum Gasteiger partial charge on any atom is 0.253 e. The van der Waals surface area contributed by atoms with Crippen LogP contribution in [0.25, 0.3) is 11.1 Å². The van der Waals surface area contributed by atoms with Crippen molar-refractivity contribution in [1.29, 1.82) is 0 Å². The van der Waals surface area contributed by atoms with Crippen molar-refractivity contribution in [2.75, 3.05) is 18.4 Å². The van der Waals surface area contributed by atoms with Crippen LogP contribution in [-0.4, -0.2) is 39.6 Å². The Hall–Kier alpha value is -3.41. The van der Waals surface area contributed by atoms with Crippen LogP contribution in [0, 0.1) is 12.8 Å². The molecule has 3 aromatic rings. The Kier molecular flexibility index (Phi) is 6.71. The van der Waals surface area contributed by atoms with E-state index in [1.165, 1.54) is 11.1 Å². The summed E-state index contributed by atoms with van der Waals surface area (Å²) >= 11 is 0. The second-order valence-corrected chi connectivity index (χ2v) is 10.1. The zero-order valence-electron chi connectivity index (χ0n) is 20.7.